The first kappa shape index (κ1) is 16.3. The molecule has 0 aliphatic rings. The Balaban J connectivity index is 2.16. The van der Waals surface area contributed by atoms with Gasteiger partial charge in [-0.05, 0) is 42.8 Å². The molecule has 2 N–H and O–H groups in total. The lowest BCUT2D eigenvalue weighted by Gasteiger charge is -2.08. The number of aromatic carboxylic acids is 1. The third kappa shape index (κ3) is 4.20. The molecule has 23 heavy (non-hydrogen) atoms. The molecule has 0 atom stereocenters. The van der Waals surface area contributed by atoms with Crippen LogP contribution in [0, 0.1) is 0 Å². The second-order valence-electron chi connectivity index (χ2n) is 4.91. The Bertz CT molecular complexity index is 748. The number of carboxylic acid groups (broad SMARTS) is 1. The molecule has 2 rings (SSSR count). The number of rotatable bonds is 5. The molecule has 0 aliphatic heterocycles. The van der Waals surface area contributed by atoms with Crippen molar-refractivity contribution in [2.75, 3.05) is 12.4 Å². The molecule has 2 aromatic rings. The number of para-hydroxylation sites is 1. The lowest BCUT2D eigenvalue weighted by Crippen LogP contribution is -2.15. The van der Waals surface area contributed by atoms with Crippen LogP contribution in [-0.2, 0) is 4.79 Å². The van der Waals surface area contributed by atoms with Crippen molar-refractivity contribution < 1.29 is 19.4 Å². The maximum atomic E-state index is 12.2. The quantitative estimate of drug-likeness (QED) is 0.829. The Kier molecular flexibility index (Phi) is 5.15. The minimum absolute atomic E-state index is 0.0538. The summed E-state index contributed by atoms with van der Waals surface area (Å²) in [4.78, 5) is 23.4. The molecule has 2 aromatic carbocycles. The minimum Gasteiger partial charge on any atom is -0.497 e. The number of carbonyl (C=O) groups excluding carboxylic acids is 1. The maximum absolute atomic E-state index is 12.2. The number of methoxy groups -OCH3 is 1. The zero-order valence-electron chi connectivity index (χ0n) is 12.9. The van der Waals surface area contributed by atoms with Gasteiger partial charge in [-0.2, -0.15) is 0 Å². The van der Waals surface area contributed by atoms with Gasteiger partial charge in [-0.3, -0.25) is 4.79 Å². The standard InChI is InChI=1S/C18H17NO4/c1-12(11-13-7-9-14(23-2)10-8-13)17(20)19-16-6-4-3-5-15(16)18(21)22/h3-11H,1-2H3,(H,19,20)(H,21,22)/b12-11+. The second-order valence-corrected chi connectivity index (χ2v) is 4.91. The Morgan fingerprint density at radius 2 is 1.74 bits per heavy atom. The summed E-state index contributed by atoms with van der Waals surface area (Å²) in [7, 11) is 1.59. The summed E-state index contributed by atoms with van der Waals surface area (Å²) in [6, 6.07) is 13.6. The Labute approximate surface area is 134 Å². The molecule has 0 spiro atoms. The highest BCUT2D eigenvalue weighted by atomic mass is 16.5. The van der Waals surface area contributed by atoms with Gasteiger partial charge in [0.1, 0.15) is 5.75 Å². The summed E-state index contributed by atoms with van der Waals surface area (Å²) in [5.41, 5.74) is 1.64. The van der Waals surface area contributed by atoms with Gasteiger partial charge in [0, 0.05) is 5.57 Å². The van der Waals surface area contributed by atoms with Crippen molar-refractivity contribution in [3.05, 3.63) is 65.2 Å². The minimum atomic E-state index is -1.09. The SMILES string of the molecule is COc1ccc(/C=C(\C)C(=O)Nc2ccccc2C(=O)O)cc1. The highest BCUT2D eigenvalue weighted by Crippen LogP contribution is 2.17. The number of anilines is 1. The number of ether oxygens (including phenoxy) is 1. The van der Waals surface area contributed by atoms with E-state index in [1.165, 1.54) is 6.07 Å². The average molecular weight is 311 g/mol. The third-order valence-electron chi connectivity index (χ3n) is 3.26. The van der Waals surface area contributed by atoms with E-state index in [0.717, 1.165) is 11.3 Å². The molecule has 0 aliphatic carbocycles. The van der Waals surface area contributed by atoms with Crippen LogP contribution < -0.4 is 10.1 Å². The van der Waals surface area contributed by atoms with Crippen LogP contribution in [0.25, 0.3) is 6.08 Å². The molecule has 0 bridgehead atoms. The average Bonchev–Trinajstić information content (AvgIpc) is 2.55. The first-order valence-electron chi connectivity index (χ1n) is 6.97. The van der Waals surface area contributed by atoms with Gasteiger partial charge >= 0.3 is 5.97 Å². The number of hydrogen-bond donors (Lipinski definition) is 2. The van der Waals surface area contributed by atoms with Crippen LogP contribution in [0.15, 0.2) is 54.1 Å². The molecule has 0 unspecified atom stereocenters. The number of nitrogens with one attached hydrogen (secondary N) is 1. The molecule has 0 saturated carbocycles. The van der Waals surface area contributed by atoms with Gasteiger partial charge in [-0.25, -0.2) is 4.79 Å². The number of hydrogen-bond acceptors (Lipinski definition) is 3. The Morgan fingerprint density at radius 3 is 2.35 bits per heavy atom. The van der Waals surface area contributed by atoms with E-state index < -0.39 is 5.97 Å². The van der Waals surface area contributed by atoms with Gasteiger partial charge in [0.2, 0.25) is 0 Å². The summed E-state index contributed by atoms with van der Waals surface area (Å²) in [5.74, 6) is -0.702. The third-order valence-corrected chi connectivity index (χ3v) is 3.26. The molecular weight excluding hydrogens is 294 g/mol. The smallest absolute Gasteiger partial charge is 0.337 e. The van der Waals surface area contributed by atoms with E-state index in [9.17, 15) is 9.59 Å². The predicted octanol–water partition coefficient (Wildman–Crippen LogP) is 3.44. The van der Waals surface area contributed by atoms with Crippen molar-refractivity contribution in [3.8, 4) is 5.75 Å². The first-order valence-corrected chi connectivity index (χ1v) is 6.97. The highest BCUT2D eigenvalue weighted by molar-refractivity contribution is 6.09. The maximum Gasteiger partial charge on any atom is 0.337 e. The molecule has 1 amide bonds. The normalized spacial score (nSPS) is 11.0. The Morgan fingerprint density at radius 1 is 1.09 bits per heavy atom. The lowest BCUT2D eigenvalue weighted by molar-refractivity contribution is -0.112. The van der Waals surface area contributed by atoms with Gasteiger partial charge in [-0.15, -0.1) is 0 Å². The molecule has 5 heteroatoms. The van der Waals surface area contributed by atoms with Crippen molar-refractivity contribution in [3.63, 3.8) is 0 Å². The summed E-state index contributed by atoms with van der Waals surface area (Å²) in [5, 5.41) is 11.7. The molecule has 0 aromatic heterocycles. The molecular formula is C18H17NO4. The Hall–Kier alpha value is -3.08. The topological polar surface area (TPSA) is 75.6 Å². The predicted molar refractivity (Wildman–Crippen MR) is 88.7 cm³/mol. The van der Waals surface area contributed by atoms with Crippen LogP contribution >= 0.6 is 0 Å². The first-order chi connectivity index (χ1) is 11.0. The van der Waals surface area contributed by atoms with Crippen LogP contribution in [-0.4, -0.2) is 24.1 Å². The molecule has 5 nitrogen and oxygen atoms in total. The summed E-state index contributed by atoms with van der Waals surface area (Å²) in [6.45, 7) is 1.67. The van der Waals surface area contributed by atoms with Crippen molar-refractivity contribution in [2.45, 2.75) is 6.92 Å². The van der Waals surface area contributed by atoms with Crippen LogP contribution in [0.4, 0.5) is 5.69 Å². The van der Waals surface area contributed by atoms with Gasteiger partial charge in [0.25, 0.3) is 5.91 Å². The van der Waals surface area contributed by atoms with E-state index in [0.29, 0.717) is 5.57 Å². The molecule has 118 valence electrons. The van der Waals surface area contributed by atoms with E-state index in [4.69, 9.17) is 9.84 Å². The number of amides is 1. The summed E-state index contributed by atoms with van der Waals surface area (Å²) >= 11 is 0. The lowest BCUT2D eigenvalue weighted by atomic mass is 10.1. The monoisotopic (exact) mass is 311 g/mol. The molecule has 0 radical (unpaired) electrons. The number of carboxylic acids is 1. The second kappa shape index (κ2) is 7.26. The summed E-state index contributed by atoms with van der Waals surface area (Å²) < 4.78 is 5.08. The largest absolute Gasteiger partial charge is 0.497 e. The van der Waals surface area contributed by atoms with E-state index in [1.807, 2.05) is 12.1 Å². The van der Waals surface area contributed by atoms with Crippen LogP contribution in [0.3, 0.4) is 0 Å². The summed E-state index contributed by atoms with van der Waals surface area (Å²) in [6.07, 6.45) is 1.72. The van der Waals surface area contributed by atoms with Crippen molar-refractivity contribution in [2.24, 2.45) is 0 Å². The van der Waals surface area contributed by atoms with Crippen molar-refractivity contribution >= 4 is 23.6 Å². The highest BCUT2D eigenvalue weighted by Gasteiger charge is 2.12. The zero-order valence-corrected chi connectivity index (χ0v) is 12.9. The van der Waals surface area contributed by atoms with Gasteiger partial charge < -0.3 is 15.2 Å². The number of benzene rings is 2. The van der Waals surface area contributed by atoms with Crippen molar-refractivity contribution in [1.29, 1.82) is 0 Å². The number of carbonyl (C=O) groups is 2. The van der Waals surface area contributed by atoms with Gasteiger partial charge in [0.05, 0.1) is 18.4 Å². The van der Waals surface area contributed by atoms with Crippen LogP contribution in [0.2, 0.25) is 0 Å². The van der Waals surface area contributed by atoms with E-state index in [1.54, 1.807) is 50.4 Å². The van der Waals surface area contributed by atoms with Gasteiger partial charge in [0.15, 0.2) is 0 Å². The van der Waals surface area contributed by atoms with E-state index in [-0.39, 0.29) is 17.2 Å². The van der Waals surface area contributed by atoms with Gasteiger partial charge in [-0.1, -0.05) is 24.3 Å². The fraction of sp³-hybridized carbons (Fsp3) is 0.111. The molecule has 0 fully saturated rings. The molecule has 0 heterocycles. The van der Waals surface area contributed by atoms with Crippen LogP contribution in [0.1, 0.15) is 22.8 Å². The zero-order chi connectivity index (χ0) is 16.8. The molecule has 0 saturated heterocycles. The van der Waals surface area contributed by atoms with Crippen LogP contribution in [0.5, 0.6) is 5.75 Å². The fourth-order valence-corrected chi connectivity index (χ4v) is 2.02. The fourth-order valence-electron chi connectivity index (χ4n) is 2.02. The van der Waals surface area contributed by atoms with E-state index >= 15 is 0 Å². The van der Waals surface area contributed by atoms with Crippen molar-refractivity contribution in [1.82, 2.24) is 0 Å². The van der Waals surface area contributed by atoms with E-state index in [2.05, 4.69) is 5.32 Å².